The third kappa shape index (κ3) is 4.48. The number of nitrogens with one attached hydrogen (secondary N) is 1. The molecule has 0 fully saturated rings. The van der Waals surface area contributed by atoms with Gasteiger partial charge in [-0.1, -0.05) is 0 Å². The quantitative estimate of drug-likeness (QED) is 0.767. The van der Waals surface area contributed by atoms with Crippen LogP contribution in [0.1, 0.15) is 12.0 Å². The van der Waals surface area contributed by atoms with Crippen molar-refractivity contribution in [3.8, 4) is 0 Å². The van der Waals surface area contributed by atoms with Gasteiger partial charge in [0.25, 0.3) is 0 Å². The van der Waals surface area contributed by atoms with Crippen molar-refractivity contribution in [2.45, 2.75) is 19.4 Å². The van der Waals surface area contributed by atoms with E-state index in [4.69, 9.17) is 5.11 Å². The summed E-state index contributed by atoms with van der Waals surface area (Å²) in [4.78, 5) is 8.34. The average Bonchev–Trinajstić information content (AvgIpc) is 2.22. The Kier molecular flexibility index (Phi) is 5.42. The highest BCUT2D eigenvalue weighted by Crippen LogP contribution is 2.07. The second kappa shape index (κ2) is 6.63. The highest BCUT2D eigenvalue weighted by Gasteiger charge is 2.08. The van der Waals surface area contributed by atoms with E-state index in [1.165, 1.54) is 0 Å². The van der Waals surface area contributed by atoms with Gasteiger partial charge >= 0.3 is 0 Å². The molecule has 1 rings (SSSR count). The van der Waals surface area contributed by atoms with E-state index >= 15 is 0 Å². The summed E-state index contributed by atoms with van der Waals surface area (Å²) in [6.45, 7) is 2.14. The molecule has 0 bridgehead atoms. The van der Waals surface area contributed by atoms with E-state index < -0.39 is 0 Å². The van der Waals surface area contributed by atoms with Crippen LogP contribution in [0.5, 0.6) is 0 Å². The normalized spacial score (nSPS) is 12.5. The van der Waals surface area contributed by atoms with Crippen molar-refractivity contribution in [2.75, 3.05) is 23.9 Å². The number of aryl methyl sites for hydroxylation is 1. The lowest BCUT2D eigenvalue weighted by Gasteiger charge is -2.16. The Morgan fingerprint density at radius 1 is 1.47 bits per heavy atom. The van der Waals surface area contributed by atoms with Crippen LogP contribution in [0.15, 0.2) is 12.4 Å². The van der Waals surface area contributed by atoms with Crippen LogP contribution in [0.3, 0.4) is 0 Å². The number of hydrogen-bond donors (Lipinski definition) is 2. The lowest BCUT2D eigenvalue weighted by Crippen LogP contribution is -2.24. The second-order valence-electron chi connectivity index (χ2n) is 3.39. The predicted octanol–water partition coefficient (Wildman–Crippen LogP) is 1.31. The van der Waals surface area contributed by atoms with Crippen LogP contribution in [0, 0.1) is 6.92 Å². The molecule has 4 nitrogen and oxygen atoms in total. The number of aliphatic hydroxyl groups is 1. The van der Waals surface area contributed by atoms with Gasteiger partial charge in [-0.05, 0) is 25.2 Å². The van der Waals surface area contributed by atoms with Gasteiger partial charge in [-0.3, -0.25) is 0 Å². The third-order valence-electron chi connectivity index (χ3n) is 1.96. The number of hydrogen-bond acceptors (Lipinski definition) is 5. The first-order chi connectivity index (χ1) is 7.26. The van der Waals surface area contributed by atoms with Gasteiger partial charge < -0.3 is 10.4 Å². The number of aliphatic hydroxyl groups excluding tert-OH is 1. The minimum Gasteiger partial charge on any atom is -0.396 e. The molecule has 1 heterocycles. The maximum absolute atomic E-state index is 8.90. The van der Waals surface area contributed by atoms with E-state index in [0.29, 0.717) is 5.95 Å². The van der Waals surface area contributed by atoms with Gasteiger partial charge in [-0.15, -0.1) is 0 Å². The molecular weight excluding hydrogens is 210 g/mol. The minimum atomic E-state index is 0.185. The molecular formula is C10H17N3OS. The summed E-state index contributed by atoms with van der Waals surface area (Å²) in [5.74, 6) is 1.57. The number of thioether (sulfide) groups is 1. The Morgan fingerprint density at radius 3 is 2.67 bits per heavy atom. The van der Waals surface area contributed by atoms with E-state index in [2.05, 4.69) is 15.3 Å². The summed E-state index contributed by atoms with van der Waals surface area (Å²) >= 11 is 1.74. The Labute approximate surface area is 94.5 Å². The first kappa shape index (κ1) is 12.3. The molecule has 0 aliphatic carbocycles. The zero-order chi connectivity index (χ0) is 11.1. The molecule has 0 saturated heterocycles. The van der Waals surface area contributed by atoms with Crippen molar-refractivity contribution < 1.29 is 5.11 Å². The molecule has 84 valence electrons. The second-order valence-corrected chi connectivity index (χ2v) is 4.30. The monoisotopic (exact) mass is 227 g/mol. The SMILES string of the molecule is CSCC(CCO)Nc1ncc(C)cn1. The summed E-state index contributed by atoms with van der Waals surface area (Å²) in [6.07, 6.45) is 6.33. The third-order valence-corrected chi connectivity index (χ3v) is 2.70. The Balaban J connectivity index is 2.53. The van der Waals surface area contributed by atoms with Gasteiger partial charge in [-0.25, -0.2) is 9.97 Å². The van der Waals surface area contributed by atoms with Crippen molar-refractivity contribution in [3.63, 3.8) is 0 Å². The van der Waals surface area contributed by atoms with Crippen LogP contribution < -0.4 is 5.32 Å². The van der Waals surface area contributed by atoms with Crippen LogP contribution in [0.25, 0.3) is 0 Å². The van der Waals surface area contributed by atoms with Crippen molar-refractivity contribution in [3.05, 3.63) is 18.0 Å². The smallest absolute Gasteiger partial charge is 0.222 e. The fraction of sp³-hybridized carbons (Fsp3) is 0.600. The number of aromatic nitrogens is 2. The summed E-state index contributed by atoms with van der Waals surface area (Å²) in [5, 5.41) is 12.1. The molecule has 1 atom stereocenters. The summed E-state index contributed by atoms with van der Waals surface area (Å²) in [7, 11) is 0. The van der Waals surface area contributed by atoms with E-state index in [0.717, 1.165) is 17.7 Å². The first-order valence-corrected chi connectivity index (χ1v) is 6.30. The van der Waals surface area contributed by atoms with E-state index in [-0.39, 0.29) is 12.6 Å². The predicted molar refractivity (Wildman–Crippen MR) is 64.3 cm³/mol. The van der Waals surface area contributed by atoms with Crippen molar-refractivity contribution in [1.29, 1.82) is 0 Å². The van der Waals surface area contributed by atoms with Crippen LogP contribution >= 0.6 is 11.8 Å². The molecule has 1 unspecified atom stereocenters. The van der Waals surface area contributed by atoms with Crippen molar-refractivity contribution in [1.82, 2.24) is 9.97 Å². The molecule has 0 aliphatic rings. The Bertz CT molecular complexity index is 273. The fourth-order valence-corrected chi connectivity index (χ4v) is 1.86. The molecule has 0 aromatic carbocycles. The molecule has 1 aromatic heterocycles. The fourth-order valence-electron chi connectivity index (χ4n) is 1.20. The summed E-state index contributed by atoms with van der Waals surface area (Å²) in [6, 6.07) is 0.229. The maximum atomic E-state index is 8.90. The molecule has 2 N–H and O–H groups in total. The topological polar surface area (TPSA) is 58.0 Å². The van der Waals surface area contributed by atoms with Crippen LogP contribution in [0.2, 0.25) is 0 Å². The summed E-state index contributed by atoms with van der Waals surface area (Å²) < 4.78 is 0. The summed E-state index contributed by atoms with van der Waals surface area (Å²) in [5.41, 5.74) is 1.05. The first-order valence-electron chi connectivity index (χ1n) is 4.91. The minimum absolute atomic E-state index is 0.185. The Morgan fingerprint density at radius 2 is 2.13 bits per heavy atom. The average molecular weight is 227 g/mol. The molecule has 0 saturated carbocycles. The van der Waals surface area contributed by atoms with Gasteiger partial charge in [0.2, 0.25) is 5.95 Å². The number of anilines is 1. The largest absolute Gasteiger partial charge is 0.396 e. The highest BCUT2D eigenvalue weighted by atomic mass is 32.2. The van der Waals surface area contributed by atoms with Gasteiger partial charge in [0.05, 0.1) is 0 Å². The van der Waals surface area contributed by atoms with E-state index in [1.54, 1.807) is 24.2 Å². The van der Waals surface area contributed by atoms with Gasteiger partial charge in [0.1, 0.15) is 0 Å². The molecule has 0 amide bonds. The highest BCUT2D eigenvalue weighted by molar-refractivity contribution is 7.98. The lowest BCUT2D eigenvalue weighted by atomic mass is 10.2. The molecule has 5 heteroatoms. The van der Waals surface area contributed by atoms with Crippen LogP contribution in [0.4, 0.5) is 5.95 Å². The Hall–Kier alpha value is -0.810. The molecule has 0 aliphatic heterocycles. The zero-order valence-electron chi connectivity index (χ0n) is 9.10. The van der Waals surface area contributed by atoms with E-state index in [9.17, 15) is 0 Å². The standard InChI is InChI=1S/C10H17N3OS/c1-8-5-11-10(12-6-8)13-9(3-4-14)7-15-2/h5-6,9,14H,3-4,7H2,1-2H3,(H,11,12,13). The van der Waals surface area contributed by atoms with E-state index in [1.807, 2.05) is 13.2 Å². The maximum Gasteiger partial charge on any atom is 0.222 e. The molecule has 15 heavy (non-hydrogen) atoms. The van der Waals surface area contributed by atoms with Crippen molar-refractivity contribution >= 4 is 17.7 Å². The van der Waals surface area contributed by atoms with Gasteiger partial charge in [-0.2, -0.15) is 11.8 Å². The van der Waals surface area contributed by atoms with Gasteiger partial charge in [0.15, 0.2) is 0 Å². The van der Waals surface area contributed by atoms with Crippen molar-refractivity contribution in [2.24, 2.45) is 0 Å². The molecule has 0 spiro atoms. The zero-order valence-corrected chi connectivity index (χ0v) is 9.92. The lowest BCUT2D eigenvalue weighted by molar-refractivity contribution is 0.282. The van der Waals surface area contributed by atoms with Gasteiger partial charge in [0, 0.05) is 30.8 Å². The van der Waals surface area contributed by atoms with Crippen LogP contribution in [-0.2, 0) is 0 Å². The molecule has 0 radical (unpaired) electrons. The molecule has 1 aromatic rings. The number of nitrogens with zero attached hydrogens (tertiary/aromatic N) is 2. The number of rotatable bonds is 6. The van der Waals surface area contributed by atoms with Crippen LogP contribution in [-0.4, -0.2) is 39.7 Å².